The molecule has 24 heavy (non-hydrogen) atoms. The molecule has 0 saturated carbocycles. The van der Waals surface area contributed by atoms with Gasteiger partial charge in [0.2, 0.25) is 0 Å². The monoisotopic (exact) mass is 319 g/mol. The van der Waals surface area contributed by atoms with E-state index in [1.165, 1.54) is 5.69 Å². The number of fused-ring (bicyclic) bond motifs is 8. The molecule has 3 aromatic rings. The second-order valence-electron chi connectivity index (χ2n) is 6.72. The average molecular weight is 319 g/mol. The first-order valence-electron chi connectivity index (χ1n) is 8.17. The third kappa shape index (κ3) is 1.49. The quantitative estimate of drug-likeness (QED) is 0.713. The van der Waals surface area contributed by atoms with E-state index in [0.717, 1.165) is 46.0 Å². The molecule has 0 saturated heterocycles. The predicted octanol–water partition coefficient (Wildman–Crippen LogP) is 3.27. The Bertz CT molecular complexity index is 1000. The number of hydrogen-bond donors (Lipinski definition) is 2. The van der Waals surface area contributed by atoms with Gasteiger partial charge in [0, 0.05) is 28.1 Å². The Kier molecular flexibility index (Phi) is 2.58. The van der Waals surface area contributed by atoms with E-state index >= 15 is 0 Å². The highest BCUT2D eigenvalue weighted by molar-refractivity contribution is 5.90. The molecule has 0 amide bonds. The summed E-state index contributed by atoms with van der Waals surface area (Å²) in [6.45, 7) is 0. The first-order valence-corrected chi connectivity index (χ1v) is 8.17. The number of aliphatic hydroxyl groups is 1. The number of aromatic nitrogens is 1. The number of hydrogen-bond acceptors (Lipinski definition) is 3. The number of rotatable bonds is 2. The molecule has 120 valence electrons. The molecule has 0 aliphatic heterocycles. The zero-order chi connectivity index (χ0) is 16.5. The molecular weight excluding hydrogens is 302 g/mol. The molecule has 0 unspecified atom stereocenters. The minimum atomic E-state index is -0.946. The van der Waals surface area contributed by atoms with Crippen molar-refractivity contribution in [2.24, 2.45) is 0 Å². The number of benzene rings is 2. The Labute approximate surface area is 139 Å². The van der Waals surface area contributed by atoms with E-state index in [0.29, 0.717) is 12.0 Å². The third-order valence-corrected chi connectivity index (χ3v) is 5.65. The summed E-state index contributed by atoms with van der Waals surface area (Å²) in [5, 5.41) is 12.4. The van der Waals surface area contributed by atoms with E-state index in [-0.39, 0.29) is 5.92 Å². The van der Waals surface area contributed by atoms with Crippen LogP contribution in [0.5, 0.6) is 5.75 Å². The van der Waals surface area contributed by atoms with E-state index in [1.54, 1.807) is 13.2 Å². The van der Waals surface area contributed by atoms with Gasteiger partial charge in [0.1, 0.15) is 17.6 Å². The second-order valence-corrected chi connectivity index (χ2v) is 6.72. The van der Waals surface area contributed by atoms with Crippen molar-refractivity contribution in [3.05, 3.63) is 64.3 Å². The van der Waals surface area contributed by atoms with Crippen molar-refractivity contribution in [1.29, 1.82) is 0 Å². The molecule has 5 rings (SSSR count). The molecule has 0 bridgehead atoms. The zero-order valence-corrected chi connectivity index (χ0v) is 13.3. The van der Waals surface area contributed by atoms with E-state index in [2.05, 4.69) is 4.98 Å². The smallest absolute Gasteiger partial charge is 0.150 e. The van der Waals surface area contributed by atoms with Crippen LogP contribution < -0.4 is 4.74 Å². The lowest BCUT2D eigenvalue weighted by Crippen LogP contribution is -2.48. The van der Waals surface area contributed by atoms with Gasteiger partial charge in [-0.3, -0.25) is 4.79 Å². The number of nitrogens with one attached hydrogen (secondary N) is 1. The molecule has 0 fully saturated rings. The fourth-order valence-corrected chi connectivity index (χ4v) is 4.63. The summed E-state index contributed by atoms with van der Waals surface area (Å²) in [5.41, 5.74) is 4.91. The van der Waals surface area contributed by atoms with Crippen molar-refractivity contribution in [2.45, 2.75) is 24.4 Å². The van der Waals surface area contributed by atoms with Crippen LogP contribution >= 0.6 is 0 Å². The van der Waals surface area contributed by atoms with E-state index in [4.69, 9.17) is 4.74 Å². The maximum Gasteiger partial charge on any atom is 0.150 e. The van der Waals surface area contributed by atoms with Crippen molar-refractivity contribution in [3.8, 4) is 5.75 Å². The lowest BCUT2D eigenvalue weighted by atomic mass is 9.56. The molecule has 4 nitrogen and oxygen atoms in total. The molecule has 1 heterocycles. The fourth-order valence-electron chi connectivity index (χ4n) is 4.63. The summed E-state index contributed by atoms with van der Waals surface area (Å²) in [7, 11) is 1.66. The summed E-state index contributed by atoms with van der Waals surface area (Å²) in [6.07, 6.45) is 2.25. The maximum atomic E-state index is 11.4. The van der Waals surface area contributed by atoms with Crippen LogP contribution in [0.2, 0.25) is 0 Å². The van der Waals surface area contributed by atoms with Crippen LogP contribution in [0.15, 0.2) is 36.4 Å². The summed E-state index contributed by atoms with van der Waals surface area (Å²) in [5.74, 6) is 0.719. The van der Waals surface area contributed by atoms with Gasteiger partial charge in [-0.05, 0) is 47.7 Å². The van der Waals surface area contributed by atoms with Crippen LogP contribution in [-0.4, -0.2) is 23.5 Å². The molecule has 0 radical (unpaired) electrons. The Balaban J connectivity index is 1.80. The van der Waals surface area contributed by atoms with Gasteiger partial charge < -0.3 is 14.8 Å². The van der Waals surface area contributed by atoms with Crippen molar-refractivity contribution in [3.63, 3.8) is 0 Å². The van der Waals surface area contributed by atoms with Gasteiger partial charge in [0.05, 0.1) is 7.11 Å². The largest absolute Gasteiger partial charge is 0.497 e. The molecule has 1 aromatic heterocycles. The number of aldehydes is 1. The number of methoxy groups -OCH3 is 1. The minimum Gasteiger partial charge on any atom is -0.497 e. The van der Waals surface area contributed by atoms with Crippen LogP contribution in [0.4, 0.5) is 0 Å². The number of aryl methyl sites for hydroxylation is 1. The number of carbonyl (C=O) groups is 1. The van der Waals surface area contributed by atoms with E-state index < -0.39 is 5.60 Å². The Hall–Kier alpha value is -2.59. The maximum absolute atomic E-state index is 11.4. The van der Waals surface area contributed by atoms with Crippen LogP contribution in [0.3, 0.4) is 0 Å². The van der Waals surface area contributed by atoms with Crippen LogP contribution in [-0.2, 0) is 12.0 Å². The molecule has 2 aliphatic rings. The average Bonchev–Trinajstić information content (AvgIpc) is 2.96. The summed E-state index contributed by atoms with van der Waals surface area (Å²) < 4.78 is 5.37. The highest BCUT2D eigenvalue weighted by Gasteiger charge is 2.55. The highest BCUT2D eigenvalue weighted by Crippen LogP contribution is 2.60. The van der Waals surface area contributed by atoms with Gasteiger partial charge in [-0.2, -0.15) is 0 Å². The van der Waals surface area contributed by atoms with Crippen LogP contribution in [0.25, 0.3) is 10.9 Å². The lowest BCUT2D eigenvalue weighted by Gasteiger charge is -2.51. The Morgan fingerprint density at radius 3 is 3.00 bits per heavy atom. The van der Waals surface area contributed by atoms with Crippen LogP contribution in [0.1, 0.15) is 45.1 Å². The van der Waals surface area contributed by atoms with Crippen LogP contribution in [0, 0.1) is 0 Å². The van der Waals surface area contributed by atoms with E-state index in [9.17, 15) is 9.90 Å². The topological polar surface area (TPSA) is 62.3 Å². The first-order chi connectivity index (χ1) is 11.7. The second kappa shape index (κ2) is 4.48. The molecule has 2 atom stereocenters. The number of H-pyrrole nitrogens is 1. The Morgan fingerprint density at radius 1 is 1.33 bits per heavy atom. The van der Waals surface area contributed by atoms with Crippen molar-refractivity contribution in [1.82, 2.24) is 4.98 Å². The number of ether oxygens (including phenoxy) is 1. The van der Waals surface area contributed by atoms with Crippen molar-refractivity contribution >= 4 is 17.2 Å². The van der Waals surface area contributed by atoms with Crippen molar-refractivity contribution in [2.75, 3.05) is 7.11 Å². The molecule has 0 spiro atoms. The fraction of sp³-hybridized carbons (Fsp3) is 0.250. The summed E-state index contributed by atoms with van der Waals surface area (Å²) in [6, 6.07) is 11.7. The van der Waals surface area contributed by atoms with Crippen molar-refractivity contribution < 1.29 is 14.6 Å². The molecular formula is C20H17NO3. The molecule has 2 aliphatic carbocycles. The SMILES string of the molecule is COc1ccc2[nH]c3c(c2c1)[C@@H]1c2cccc(C=O)c2[C@]1(O)CC3. The van der Waals surface area contributed by atoms with Gasteiger partial charge in [-0.25, -0.2) is 0 Å². The standard InChI is InChI=1S/C20H17NO3/c1-24-12-5-6-15-14(9-12)17-16(21-15)7-8-20(23)18-11(10-22)3-2-4-13(18)19(17)20/h2-6,9-10,19,21,23H,7-8H2,1H3/t19-,20+/m0/s1. The first kappa shape index (κ1) is 13.8. The minimum absolute atomic E-state index is 0.0861. The Morgan fingerprint density at radius 2 is 2.21 bits per heavy atom. The molecule has 4 heteroatoms. The molecule has 2 N–H and O–H groups in total. The summed E-state index contributed by atoms with van der Waals surface area (Å²) in [4.78, 5) is 14.9. The van der Waals surface area contributed by atoms with Gasteiger partial charge in [0.25, 0.3) is 0 Å². The van der Waals surface area contributed by atoms with Gasteiger partial charge in [0.15, 0.2) is 0 Å². The summed E-state index contributed by atoms with van der Waals surface area (Å²) >= 11 is 0. The zero-order valence-electron chi connectivity index (χ0n) is 13.3. The number of aromatic amines is 1. The number of carbonyl (C=O) groups excluding carboxylic acids is 1. The lowest BCUT2D eigenvalue weighted by molar-refractivity contribution is -0.0219. The van der Waals surface area contributed by atoms with Gasteiger partial charge in [-0.1, -0.05) is 18.2 Å². The van der Waals surface area contributed by atoms with Gasteiger partial charge >= 0.3 is 0 Å². The third-order valence-electron chi connectivity index (χ3n) is 5.65. The molecule has 2 aromatic carbocycles. The normalized spacial score (nSPS) is 23.8. The highest BCUT2D eigenvalue weighted by atomic mass is 16.5. The van der Waals surface area contributed by atoms with Gasteiger partial charge in [-0.15, -0.1) is 0 Å². The van der Waals surface area contributed by atoms with E-state index in [1.807, 2.05) is 30.3 Å². The predicted molar refractivity (Wildman–Crippen MR) is 90.7 cm³/mol.